The van der Waals surface area contributed by atoms with Crippen LogP contribution in [0.1, 0.15) is 27.1 Å². The van der Waals surface area contributed by atoms with Crippen LogP contribution in [0.2, 0.25) is 0 Å². The van der Waals surface area contributed by atoms with Crippen LogP contribution in [-0.4, -0.2) is 45.7 Å². The number of nitro groups is 1. The number of amides is 4. The molecule has 138 valence electrons. The van der Waals surface area contributed by atoms with E-state index in [0.29, 0.717) is 12.2 Å². The third-order valence-electron chi connectivity index (χ3n) is 3.92. The summed E-state index contributed by atoms with van der Waals surface area (Å²) in [5.74, 6) is -0.670. The number of imide groups is 1. The molecule has 2 heterocycles. The monoisotopic (exact) mass is 369 g/mol. The lowest BCUT2D eigenvalue weighted by atomic mass is 10.1. The molecule has 2 aromatic rings. The van der Waals surface area contributed by atoms with Crippen LogP contribution in [0, 0.1) is 10.1 Å². The fourth-order valence-electron chi connectivity index (χ4n) is 2.63. The Morgan fingerprint density at radius 1 is 1.15 bits per heavy atom. The van der Waals surface area contributed by atoms with Crippen molar-refractivity contribution in [2.75, 3.05) is 18.4 Å². The number of aromatic nitrogens is 1. The maximum Gasteiger partial charge on any atom is 0.320 e. The lowest BCUT2D eigenvalue weighted by Crippen LogP contribution is -2.35. The van der Waals surface area contributed by atoms with Crippen molar-refractivity contribution in [1.29, 1.82) is 0 Å². The number of nitro benzene ring substituents is 1. The van der Waals surface area contributed by atoms with E-state index in [4.69, 9.17) is 0 Å². The van der Waals surface area contributed by atoms with Gasteiger partial charge < -0.3 is 5.32 Å². The molecule has 0 spiro atoms. The van der Waals surface area contributed by atoms with E-state index < -0.39 is 22.8 Å². The average Bonchev–Trinajstić information content (AvgIpc) is 2.90. The van der Waals surface area contributed by atoms with Crippen molar-refractivity contribution >= 4 is 29.4 Å². The zero-order chi connectivity index (χ0) is 19.4. The number of rotatable bonds is 6. The van der Waals surface area contributed by atoms with Crippen molar-refractivity contribution < 1.29 is 19.3 Å². The highest BCUT2D eigenvalue weighted by Gasteiger charge is 2.36. The van der Waals surface area contributed by atoms with Gasteiger partial charge in [-0.15, -0.1) is 0 Å². The number of anilines is 1. The predicted molar refractivity (Wildman–Crippen MR) is 94.3 cm³/mol. The van der Waals surface area contributed by atoms with Crippen LogP contribution in [0.15, 0.2) is 42.6 Å². The molecule has 4 amide bonds. The second-order valence-corrected chi connectivity index (χ2v) is 5.70. The third-order valence-corrected chi connectivity index (χ3v) is 3.92. The van der Waals surface area contributed by atoms with E-state index in [0.717, 1.165) is 11.0 Å². The molecule has 1 aromatic carbocycles. The Bertz CT molecular complexity index is 915. The molecule has 0 fully saturated rings. The molecule has 0 saturated carbocycles. The summed E-state index contributed by atoms with van der Waals surface area (Å²) < 4.78 is 0. The highest BCUT2D eigenvalue weighted by Crippen LogP contribution is 2.26. The summed E-state index contributed by atoms with van der Waals surface area (Å²) in [4.78, 5) is 51.5. The van der Waals surface area contributed by atoms with Crippen LogP contribution >= 0.6 is 0 Å². The van der Waals surface area contributed by atoms with Crippen molar-refractivity contribution in [2.45, 2.75) is 6.42 Å². The van der Waals surface area contributed by atoms with Gasteiger partial charge in [-0.3, -0.25) is 29.9 Å². The molecule has 1 aliphatic heterocycles. The van der Waals surface area contributed by atoms with Gasteiger partial charge >= 0.3 is 6.03 Å². The third kappa shape index (κ3) is 3.89. The summed E-state index contributed by atoms with van der Waals surface area (Å²) in [6.45, 7) is 0.316. The predicted octanol–water partition coefficient (Wildman–Crippen LogP) is 1.80. The van der Waals surface area contributed by atoms with Crippen LogP contribution < -0.4 is 10.6 Å². The first kappa shape index (κ1) is 18.0. The Balaban J connectivity index is 1.51. The number of carbonyl (C=O) groups is 3. The molecular weight excluding hydrogens is 354 g/mol. The quantitative estimate of drug-likeness (QED) is 0.345. The van der Waals surface area contributed by atoms with Gasteiger partial charge in [-0.2, -0.15) is 0 Å². The summed E-state index contributed by atoms with van der Waals surface area (Å²) in [5.41, 5.74) is -0.0777. The number of non-ortho nitro benzene ring substituents is 1. The van der Waals surface area contributed by atoms with Crippen LogP contribution in [0.4, 0.5) is 16.3 Å². The number of nitrogens with one attached hydrogen (secondary N) is 2. The smallest absolute Gasteiger partial charge is 0.320 e. The SMILES string of the molecule is O=C(NCCCN1C(=O)c2ccc([N+](=O)[O-])cc2C1=O)Nc1ccccn1. The number of urea groups is 1. The number of hydrogen-bond acceptors (Lipinski definition) is 6. The molecule has 10 heteroatoms. The lowest BCUT2D eigenvalue weighted by Gasteiger charge is -2.14. The average molecular weight is 369 g/mol. The van der Waals surface area contributed by atoms with Crippen molar-refractivity contribution in [3.05, 3.63) is 63.8 Å². The molecule has 0 radical (unpaired) electrons. The van der Waals surface area contributed by atoms with Crippen LogP contribution in [0.5, 0.6) is 0 Å². The first-order chi connectivity index (χ1) is 13.0. The number of hydrogen-bond donors (Lipinski definition) is 2. The van der Waals surface area contributed by atoms with Gasteiger partial charge in [0.15, 0.2) is 0 Å². The number of nitrogens with zero attached hydrogens (tertiary/aromatic N) is 3. The Morgan fingerprint density at radius 2 is 1.93 bits per heavy atom. The van der Waals surface area contributed by atoms with Gasteiger partial charge in [0.25, 0.3) is 17.5 Å². The molecule has 1 aromatic heterocycles. The van der Waals surface area contributed by atoms with E-state index in [2.05, 4.69) is 15.6 Å². The van der Waals surface area contributed by atoms with E-state index in [1.165, 1.54) is 12.1 Å². The first-order valence-electron chi connectivity index (χ1n) is 8.08. The van der Waals surface area contributed by atoms with Crippen molar-refractivity contribution in [2.24, 2.45) is 0 Å². The Hall–Kier alpha value is -3.82. The summed E-state index contributed by atoms with van der Waals surface area (Å²) in [6, 6.07) is 8.22. The van der Waals surface area contributed by atoms with Crippen LogP contribution in [-0.2, 0) is 0 Å². The molecule has 10 nitrogen and oxygen atoms in total. The minimum atomic E-state index is -0.620. The Morgan fingerprint density at radius 3 is 2.63 bits per heavy atom. The van der Waals surface area contributed by atoms with Crippen molar-refractivity contribution in [3.8, 4) is 0 Å². The number of fused-ring (bicyclic) bond motifs is 1. The van der Waals surface area contributed by atoms with Gasteiger partial charge in [0.2, 0.25) is 0 Å². The molecule has 1 aliphatic rings. The summed E-state index contributed by atoms with van der Waals surface area (Å²) >= 11 is 0. The number of pyridine rings is 1. The Kier molecular flexibility index (Phi) is 5.06. The molecule has 2 N–H and O–H groups in total. The van der Waals surface area contributed by atoms with Gasteiger partial charge in [0.05, 0.1) is 16.1 Å². The molecule has 0 unspecified atom stereocenters. The molecule has 0 aliphatic carbocycles. The van der Waals surface area contributed by atoms with Gasteiger partial charge in [0.1, 0.15) is 5.82 Å². The molecule has 0 atom stereocenters. The standard InChI is InChI=1S/C17H15N5O5/c23-15-12-6-5-11(22(26)27)10-13(12)16(24)21(15)9-3-8-19-17(25)20-14-4-1-2-7-18-14/h1-2,4-7,10H,3,8-9H2,(H2,18,19,20,25). The molecule has 27 heavy (non-hydrogen) atoms. The number of benzene rings is 1. The highest BCUT2D eigenvalue weighted by atomic mass is 16.6. The minimum Gasteiger partial charge on any atom is -0.338 e. The first-order valence-corrected chi connectivity index (χ1v) is 8.08. The second-order valence-electron chi connectivity index (χ2n) is 5.70. The van der Waals surface area contributed by atoms with Gasteiger partial charge in [-0.1, -0.05) is 6.07 Å². The van der Waals surface area contributed by atoms with E-state index in [1.807, 2.05) is 0 Å². The summed E-state index contributed by atoms with van der Waals surface area (Å²) in [5, 5.41) is 16.0. The van der Waals surface area contributed by atoms with Gasteiger partial charge in [-0.05, 0) is 24.6 Å². The minimum absolute atomic E-state index is 0.0232. The lowest BCUT2D eigenvalue weighted by molar-refractivity contribution is -0.384. The van der Waals surface area contributed by atoms with Crippen LogP contribution in [0.25, 0.3) is 0 Å². The normalized spacial score (nSPS) is 12.7. The fraction of sp³-hybridized carbons (Fsp3) is 0.176. The molecule has 0 saturated heterocycles. The summed E-state index contributed by atoms with van der Waals surface area (Å²) in [6.07, 6.45) is 1.88. The zero-order valence-electron chi connectivity index (χ0n) is 14.0. The highest BCUT2D eigenvalue weighted by molar-refractivity contribution is 6.21. The molecular formula is C17H15N5O5. The second kappa shape index (κ2) is 7.60. The maximum absolute atomic E-state index is 12.3. The van der Waals surface area contributed by atoms with Gasteiger partial charge in [0, 0.05) is 31.4 Å². The number of carbonyl (C=O) groups excluding carboxylic acids is 3. The summed E-state index contributed by atoms with van der Waals surface area (Å²) in [7, 11) is 0. The fourth-order valence-corrected chi connectivity index (χ4v) is 2.63. The topological polar surface area (TPSA) is 135 Å². The van der Waals surface area contributed by atoms with Crippen molar-refractivity contribution in [3.63, 3.8) is 0 Å². The van der Waals surface area contributed by atoms with E-state index >= 15 is 0 Å². The largest absolute Gasteiger partial charge is 0.338 e. The van der Waals surface area contributed by atoms with E-state index in [9.17, 15) is 24.5 Å². The maximum atomic E-state index is 12.3. The van der Waals surface area contributed by atoms with Gasteiger partial charge in [-0.25, -0.2) is 9.78 Å². The van der Waals surface area contributed by atoms with E-state index in [-0.39, 0.29) is 29.9 Å². The van der Waals surface area contributed by atoms with E-state index in [1.54, 1.807) is 24.4 Å². The van der Waals surface area contributed by atoms with Crippen molar-refractivity contribution in [1.82, 2.24) is 15.2 Å². The van der Waals surface area contributed by atoms with Crippen LogP contribution in [0.3, 0.4) is 0 Å². The Labute approximate surface area is 153 Å². The molecule has 3 rings (SSSR count). The molecule has 0 bridgehead atoms. The zero-order valence-corrected chi connectivity index (χ0v) is 14.0.